The normalized spacial score (nSPS) is 28.9. The minimum atomic E-state index is -1.38. The second-order valence-corrected chi connectivity index (χ2v) is 29.7. The quantitative estimate of drug-likeness (QED) is 0.149. The lowest BCUT2D eigenvalue weighted by molar-refractivity contribution is -0.322. The van der Waals surface area contributed by atoms with E-state index in [2.05, 4.69) is 31.2 Å². The second kappa shape index (κ2) is 37.7. The first-order chi connectivity index (χ1) is 46.5. The molecule has 0 radical (unpaired) electrons. The van der Waals surface area contributed by atoms with Gasteiger partial charge in [-0.05, 0) is 122 Å². The lowest BCUT2D eigenvalue weighted by Gasteiger charge is -2.50. The molecule has 0 aliphatic carbocycles. The maximum absolute atomic E-state index is 15.7. The lowest BCUT2D eigenvalue weighted by atomic mass is 9.88. The van der Waals surface area contributed by atoms with Gasteiger partial charge in [0.25, 0.3) is 5.91 Å². The zero-order valence-electron chi connectivity index (χ0n) is 63.2. The van der Waals surface area contributed by atoms with Crippen LogP contribution in [-0.2, 0) is 73.6 Å². The summed E-state index contributed by atoms with van der Waals surface area (Å²) in [5, 5.41) is 17.6. The van der Waals surface area contributed by atoms with Gasteiger partial charge < -0.3 is 59.7 Å². The standard InChI is InChI=1S/C70H121N15O14/c1-22-51-66(92)76(16)48(13)64(90)81(21)57(50(15)98-35-27-26-30-82-33-36-97-37-34-82)61(87)74-55(43(6)7)69(95)77(17)52(38-41(2)3)60(86)72-47(12)63(89)84-46(11)40-54(79(19)67(93)53(39-42(4)5)78(18)65(91)49(84)14)68(94)80(20)56(44(8)9)70(96)85-58(62(88)73-51)59(99-85)45(10)28-24-23-25-31-83-32-29-71-75-83/h29,32,41-59H,22-28,30-31,33-40H2,1-21H3,(H,72,86)(H,73,88)(H,74,87)/t45-,46?,47+,48-,49-,50-,51+,52+,53+,54+,55+,56+,57+,58+,59-/m1/s1. The molecular weight excluding hydrogens is 1270 g/mol. The topological polar surface area (TPSA) is 311 Å². The molecule has 0 aromatic carbocycles. The lowest BCUT2D eigenvalue weighted by Crippen LogP contribution is -2.72. The third-order valence-corrected chi connectivity index (χ3v) is 20.4. The molecule has 1 aromatic heterocycles. The van der Waals surface area contributed by atoms with Crippen molar-refractivity contribution in [1.82, 2.24) is 75.2 Å². The molecule has 0 saturated carbocycles. The van der Waals surface area contributed by atoms with E-state index in [1.165, 1.54) is 97.4 Å². The van der Waals surface area contributed by atoms with Crippen LogP contribution in [0.4, 0.5) is 0 Å². The van der Waals surface area contributed by atoms with Crippen LogP contribution >= 0.6 is 0 Å². The van der Waals surface area contributed by atoms with Crippen molar-refractivity contribution in [3.05, 3.63) is 12.4 Å². The van der Waals surface area contributed by atoms with Crippen LogP contribution in [-0.4, -0.2) is 291 Å². The van der Waals surface area contributed by atoms with E-state index in [9.17, 15) is 14.4 Å². The number of carbonyl (C=O) groups excluding carboxylic acids is 11. The number of likely N-dealkylation sites (N-methyl/N-ethyl adjacent to an activating group) is 6. The van der Waals surface area contributed by atoms with Gasteiger partial charge in [-0.25, -0.2) is 5.06 Å². The van der Waals surface area contributed by atoms with Crippen molar-refractivity contribution in [1.29, 1.82) is 0 Å². The fourth-order valence-corrected chi connectivity index (χ4v) is 14.1. The van der Waals surface area contributed by atoms with Crippen molar-refractivity contribution >= 4 is 65.0 Å². The number of hydroxylamine groups is 2. The molecule has 5 rings (SSSR count). The monoisotopic (exact) mass is 1400 g/mol. The molecule has 1 aromatic rings. The zero-order valence-corrected chi connectivity index (χ0v) is 63.2. The van der Waals surface area contributed by atoms with Gasteiger partial charge in [-0.2, -0.15) is 0 Å². The smallest absolute Gasteiger partial charge is 0.270 e. The van der Waals surface area contributed by atoms with Crippen molar-refractivity contribution in [3.63, 3.8) is 0 Å². The largest absolute Gasteiger partial charge is 0.379 e. The van der Waals surface area contributed by atoms with Gasteiger partial charge in [0, 0.05) is 80.8 Å². The Balaban J connectivity index is 1.66. The van der Waals surface area contributed by atoms with Gasteiger partial charge in [0.1, 0.15) is 66.5 Å². The van der Waals surface area contributed by atoms with Crippen LogP contribution in [0.2, 0.25) is 0 Å². The van der Waals surface area contributed by atoms with Crippen LogP contribution in [0.25, 0.3) is 0 Å². The Labute approximate surface area is 588 Å². The number of morpholine rings is 1. The predicted molar refractivity (Wildman–Crippen MR) is 371 cm³/mol. The fourth-order valence-electron chi connectivity index (χ4n) is 14.1. The molecule has 15 atom stereocenters. The van der Waals surface area contributed by atoms with Gasteiger partial charge in [0.2, 0.25) is 59.1 Å². The van der Waals surface area contributed by atoms with Gasteiger partial charge in [-0.15, -0.1) is 5.10 Å². The fraction of sp³-hybridized carbons (Fsp3) is 0.814. The van der Waals surface area contributed by atoms with E-state index < -0.39 is 162 Å². The summed E-state index contributed by atoms with van der Waals surface area (Å²) in [4.78, 5) is 184. The van der Waals surface area contributed by atoms with E-state index in [4.69, 9.17) is 14.3 Å². The SMILES string of the molecule is CC[C@@H]1NC(=O)[C@@H]2[C@@H]([C@H](C)CCCCCn3ccnn3)ON2C(=O)[C@H](C(C)C)N(C)C(=O)[C@@H]2CC(C)N(C(=O)[C@H](C)NC(=O)[C@H](CC(C)C)N(C)C(=O)[C@H](C(C)C)NC(=O)[C@H]([C@@H](C)OCCCCN3CCOCC3)N(C)C(=O)[C@@H](C)N(C)C1=O)[C@H](C)C(=O)N(C)[C@@H](CC(C)C)C(=O)N2C. The Hall–Kier alpha value is -6.85. The van der Waals surface area contributed by atoms with Crippen molar-refractivity contribution in [2.24, 2.45) is 29.6 Å². The maximum atomic E-state index is 15.7. The number of aromatic nitrogens is 3. The average Bonchev–Trinajstić information content (AvgIpc) is 0.776. The molecule has 29 nitrogen and oxygen atoms in total. The number of amides is 11. The maximum Gasteiger partial charge on any atom is 0.270 e. The molecule has 1 unspecified atom stereocenters. The number of nitrogens with zero attached hydrogens (tertiary/aromatic N) is 12. The summed E-state index contributed by atoms with van der Waals surface area (Å²) in [6.07, 6.45) is 5.93. The van der Waals surface area contributed by atoms with E-state index >= 15 is 38.4 Å². The van der Waals surface area contributed by atoms with Crippen molar-refractivity contribution in [2.75, 3.05) is 81.7 Å². The first-order valence-electron chi connectivity index (χ1n) is 36.1. The van der Waals surface area contributed by atoms with Gasteiger partial charge in [0.05, 0.1) is 25.5 Å². The summed E-state index contributed by atoms with van der Waals surface area (Å²) >= 11 is 0. The van der Waals surface area contributed by atoms with E-state index in [0.717, 1.165) is 50.4 Å². The number of fused-ring (bicyclic) bond motifs is 4. The Morgan fingerprint density at radius 2 is 1.16 bits per heavy atom. The predicted octanol–water partition coefficient (Wildman–Crippen LogP) is 2.80. The highest BCUT2D eigenvalue weighted by molar-refractivity contribution is 6.00. The zero-order chi connectivity index (χ0) is 74.2. The van der Waals surface area contributed by atoms with Crippen LogP contribution in [0.1, 0.15) is 168 Å². The third kappa shape index (κ3) is 20.9. The molecule has 99 heavy (non-hydrogen) atoms. The second-order valence-electron chi connectivity index (χ2n) is 29.7. The number of rotatable bonds is 21. The highest BCUT2D eigenvalue weighted by Gasteiger charge is 2.55. The Morgan fingerprint density at radius 1 is 0.566 bits per heavy atom. The third-order valence-electron chi connectivity index (χ3n) is 20.4. The van der Waals surface area contributed by atoms with Gasteiger partial charge >= 0.3 is 0 Å². The molecule has 0 spiro atoms. The van der Waals surface area contributed by atoms with Crippen LogP contribution in [0, 0.1) is 29.6 Å². The summed E-state index contributed by atoms with van der Waals surface area (Å²) in [6.45, 7) is 30.4. The number of carbonyl (C=O) groups is 11. The molecular formula is C70H121N15O14. The molecule has 560 valence electrons. The Morgan fingerprint density at radius 3 is 1.75 bits per heavy atom. The molecule has 2 bridgehead atoms. The minimum Gasteiger partial charge on any atom is -0.379 e. The molecule has 4 aliphatic heterocycles. The highest BCUT2D eigenvalue weighted by atomic mass is 16.7. The van der Waals surface area contributed by atoms with Crippen molar-refractivity contribution < 1.29 is 67.1 Å². The van der Waals surface area contributed by atoms with Crippen LogP contribution < -0.4 is 16.0 Å². The van der Waals surface area contributed by atoms with E-state index in [0.29, 0.717) is 32.6 Å². The number of nitrogens with one attached hydrogen (secondary N) is 3. The molecule has 3 N–H and O–H groups in total. The summed E-state index contributed by atoms with van der Waals surface area (Å²) in [7, 11) is 8.65. The summed E-state index contributed by atoms with van der Waals surface area (Å²) < 4.78 is 13.7. The molecule has 4 saturated heterocycles. The summed E-state index contributed by atoms with van der Waals surface area (Å²) in [5.41, 5.74) is 0. The Kier molecular flexibility index (Phi) is 31.5. The molecule has 29 heteroatoms. The van der Waals surface area contributed by atoms with Gasteiger partial charge in [-0.3, -0.25) is 67.2 Å². The van der Waals surface area contributed by atoms with Gasteiger partial charge in [0.15, 0.2) is 6.04 Å². The number of ether oxygens (including phenoxy) is 2. The number of hydrogen-bond acceptors (Lipinski definition) is 17. The number of aryl methyl sites for hydroxylation is 1. The van der Waals surface area contributed by atoms with E-state index in [-0.39, 0.29) is 50.0 Å². The molecule has 11 amide bonds. The number of unbranched alkanes of at least 4 members (excludes halogenated alkanes) is 3. The van der Waals surface area contributed by atoms with Crippen LogP contribution in [0.5, 0.6) is 0 Å². The van der Waals surface area contributed by atoms with Crippen LogP contribution in [0.15, 0.2) is 12.4 Å². The highest BCUT2D eigenvalue weighted by Crippen LogP contribution is 2.35. The van der Waals surface area contributed by atoms with E-state index in [1.54, 1.807) is 65.5 Å². The van der Waals surface area contributed by atoms with Crippen LogP contribution in [0.3, 0.4) is 0 Å². The van der Waals surface area contributed by atoms with E-state index in [1.807, 2.05) is 34.6 Å². The average molecular weight is 1400 g/mol. The molecule has 4 aliphatic rings. The minimum absolute atomic E-state index is 0.0416. The summed E-state index contributed by atoms with van der Waals surface area (Å²) in [6, 6.07) is -15.1. The molecule has 5 heterocycles. The first kappa shape index (κ1) is 82.8. The van der Waals surface area contributed by atoms with Crippen molar-refractivity contribution in [3.8, 4) is 0 Å². The van der Waals surface area contributed by atoms with Crippen molar-refractivity contribution in [2.45, 2.75) is 259 Å². The number of hydrogen-bond donors (Lipinski definition) is 3. The first-order valence-corrected chi connectivity index (χ1v) is 36.1. The summed E-state index contributed by atoms with van der Waals surface area (Å²) in [5.74, 6) is -9.29. The molecule has 4 fully saturated rings. The van der Waals surface area contributed by atoms with Gasteiger partial charge in [-0.1, -0.05) is 87.3 Å². The Bertz CT molecular complexity index is 2890.